The first-order chi connectivity index (χ1) is 14.7. The molecule has 3 nitrogen and oxygen atoms in total. The molecule has 3 aromatic rings. The standard InChI is InChI=1S/C23H20BrF4NO2/c1-30-18-7-3-15(4-8-18)13-29(14-16-5-9-19(31-2)10-6-16)17-11-20(24)22(21(25)12-17)23(26,27)28/h3-12H,13-14H2,1-2H3. The molecule has 8 heteroatoms. The molecule has 0 aliphatic heterocycles. The van der Waals surface area contributed by atoms with E-state index >= 15 is 0 Å². The van der Waals surface area contributed by atoms with Crippen LogP contribution in [0.2, 0.25) is 0 Å². The molecule has 0 atom stereocenters. The Morgan fingerprint density at radius 3 is 1.61 bits per heavy atom. The van der Waals surface area contributed by atoms with Gasteiger partial charge in [0.25, 0.3) is 0 Å². The monoisotopic (exact) mass is 497 g/mol. The van der Waals surface area contributed by atoms with E-state index in [1.54, 1.807) is 43.4 Å². The Bertz CT molecular complexity index is 949. The molecule has 0 N–H and O–H groups in total. The summed E-state index contributed by atoms with van der Waals surface area (Å²) in [6, 6.07) is 16.8. The van der Waals surface area contributed by atoms with Gasteiger partial charge in [0.2, 0.25) is 0 Å². The summed E-state index contributed by atoms with van der Waals surface area (Å²) in [5, 5.41) is 0. The van der Waals surface area contributed by atoms with Crippen LogP contribution in [0.3, 0.4) is 0 Å². The summed E-state index contributed by atoms with van der Waals surface area (Å²) in [4.78, 5) is 1.80. The molecule has 0 aromatic heterocycles. The van der Waals surface area contributed by atoms with E-state index in [1.807, 2.05) is 24.3 Å². The van der Waals surface area contributed by atoms with Crippen molar-refractivity contribution in [2.24, 2.45) is 0 Å². The highest BCUT2D eigenvalue weighted by Crippen LogP contribution is 2.39. The van der Waals surface area contributed by atoms with E-state index in [0.717, 1.165) is 17.2 Å². The second-order valence-electron chi connectivity index (χ2n) is 6.83. The lowest BCUT2D eigenvalue weighted by molar-refractivity contribution is -0.140. The van der Waals surface area contributed by atoms with E-state index in [0.29, 0.717) is 30.3 Å². The first-order valence-electron chi connectivity index (χ1n) is 9.28. The van der Waals surface area contributed by atoms with Gasteiger partial charge in [-0.1, -0.05) is 24.3 Å². The molecule has 0 heterocycles. The maximum atomic E-state index is 14.4. The fourth-order valence-corrected chi connectivity index (χ4v) is 3.80. The van der Waals surface area contributed by atoms with Crippen LogP contribution in [0, 0.1) is 5.82 Å². The number of anilines is 1. The molecule has 0 aliphatic rings. The van der Waals surface area contributed by atoms with Gasteiger partial charge in [0.1, 0.15) is 22.9 Å². The predicted octanol–water partition coefficient (Wildman–Crippen LogP) is 6.83. The van der Waals surface area contributed by atoms with Crippen LogP contribution >= 0.6 is 15.9 Å². The normalized spacial score (nSPS) is 11.3. The third-order valence-electron chi connectivity index (χ3n) is 4.74. The van der Waals surface area contributed by atoms with Crippen molar-refractivity contribution in [2.45, 2.75) is 19.3 Å². The molecule has 0 saturated heterocycles. The van der Waals surface area contributed by atoms with Crippen LogP contribution in [0.4, 0.5) is 23.2 Å². The van der Waals surface area contributed by atoms with Crippen molar-refractivity contribution >= 4 is 21.6 Å². The minimum atomic E-state index is -4.79. The van der Waals surface area contributed by atoms with Crippen molar-refractivity contribution in [1.29, 1.82) is 0 Å². The zero-order chi connectivity index (χ0) is 22.6. The average molecular weight is 498 g/mol. The van der Waals surface area contributed by atoms with Gasteiger partial charge in [0.15, 0.2) is 0 Å². The molecule has 0 unspecified atom stereocenters. The van der Waals surface area contributed by atoms with Crippen molar-refractivity contribution in [1.82, 2.24) is 0 Å². The highest BCUT2D eigenvalue weighted by atomic mass is 79.9. The minimum absolute atomic E-state index is 0.323. The Labute approximate surface area is 186 Å². The van der Waals surface area contributed by atoms with Gasteiger partial charge in [-0.25, -0.2) is 4.39 Å². The molecule has 3 rings (SSSR count). The van der Waals surface area contributed by atoms with Crippen molar-refractivity contribution in [3.63, 3.8) is 0 Å². The van der Waals surface area contributed by atoms with E-state index in [4.69, 9.17) is 9.47 Å². The highest BCUT2D eigenvalue weighted by Gasteiger charge is 2.37. The van der Waals surface area contributed by atoms with Gasteiger partial charge in [-0.2, -0.15) is 13.2 Å². The van der Waals surface area contributed by atoms with Gasteiger partial charge in [-0.3, -0.25) is 0 Å². The molecular formula is C23H20BrF4NO2. The van der Waals surface area contributed by atoms with Crippen molar-refractivity contribution in [2.75, 3.05) is 19.1 Å². The fourth-order valence-electron chi connectivity index (χ4n) is 3.15. The van der Waals surface area contributed by atoms with Crippen LogP contribution in [0.5, 0.6) is 11.5 Å². The summed E-state index contributed by atoms with van der Waals surface area (Å²) >= 11 is 2.89. The first kappa shape index (κ1) is 22.9. The SMILES string of the molecule is COc1ccc(CN(Cc2ccc(OC)cc2)c2cc(F)c(C(F)(F)F)c(Br)c2)cc1. The number of hydrogen-bond acceptors (Lipinski definition) is 3. The maximum absolute atomic E-state index is 14.4. The molecule has 0 amide bonds. The van der Waals surface area contributed by atoms with Crippen LogP contribution in [0.25, 0.3) is 0 Å². The van der Waals surface area contributed by atoms with E-state index in [-0.39, 0.29) is 4.47 Å². The molecule has 3 aromatic carbocycles. The van der Waals surface area contributed by atoms with Gasteiger partial charge >= 0.3 is 6.18 Å². The summed E-state index contributed by atoms with van der Waals surface area (Å²) in [6.45, 7) is 0.709. The quantitative estimate of drug-likeness (QED) is 0.334. The van der Waals surface area contributed by atoms with Crippen LogP contribution < -0.4 is 14.4 Å². The van der Waals surface area contributed by atoms with Crippen LogP contribution in [-0.2, 0) is 19.3 Å². The average Bonchev–Trinajstić information content (AvgIpc) is 2.72. The number of ether oxygens (including phenoxy) is 2. The third kappa shape index (κ3) is 5.70. The van der Waals surface area contributed by atoms with Crippen molar-refractivity contribution in [3.05, 3.63) is 87.6 Å². The van der Waals surface area contributed by atoms with Crippen molar-refractivity contribution in [3.8, 4) is 11.5 Å². The number of rotatable bonds is 7. The van der Waals surface area contributed by atoms with Crippen LogP contribution in [0.1, 0.15) is 16.7 Å². The molecule has 164 valence electrons. The van der Waals surface area contributed by atoms with Gasteiger partial charge in [-0.15, -0.1) is 0 Å². The number of methoxy groups -OCH3 is 2. The molecule has 31 heavy (non-hydrogen) atoms. The second-order valence-corrected chi connectivity index (χ2v) is 7.69. The van der Waals surface area contributed by atoms with Gasteiger partial charge in [0.05, 0.1) is 14.2 Å². The predicted molar refractivity (Wildman–Crippen MR) is 115 cm³/mol. The Hall–Kier alpha value is -2.74. The minimum Gasteiger partial charge on any atom is -0.497 e. The van der Waals surface area contributed by atoms with E-state index in [1.165, 1.54) is 6.07 Å². The smallest absolute Gasteiger partial charge is 0.420 e. The Morgan fingerprint density at radius 2 is 1.26 bits per heavy atom. The van der Waals surface area contributed by atoms with Crippen molar-refractivity contribution < 1.29 is 27.0 Å². The molecule has 0 fully saturated rings. The van der Waals surface area contributed by atoms with E-state index in [2.05, 4.69) is 15.9 Å². The second kappa shape index (κ2) is 9.60. The van der Waals surface area contributed by atoms with E-state index in [9.17, 15) is 17.6 Å². The summed E-state index contributed by atoms with van der Waals surface area (Å²) < 4.78 is 63.9. The lowest BCUT2D eigenvalue weighted by Crippen LogP contribution is -2.23. The molecule has 0 spiro atoms. The maximum Gasteiger partial charge on any atom is 0.420 e. The first-order valence-corrected chi connectivity index (χ1v) is 10.1. The number of halogens is 5. The third-order valence-corrected chi connectivity index (χ3v) is 5.37. The number of nitrogens with zero attached hydrogens (tertiary/aromatic N) is 1. The number of alkyl halides is 3. The summed E-state index contributed by atoms with van der Waals surface area (Å²) in [5.74, 6) is 0.0499. The Balaban J connectivity index is 1.97. The zero-order valence-electron chi connectivity index (χ0n) is 16.8. The summed E-state index contributed by atoms with van der Waals surface area (Å²) in [5.41, 5.74) is 0.797. The largest absolute Gasteiger partial charge is 0.497 e. The summed E-state index contributed by atoms with van der Waals surface area (Å²) in [7, 11) is 3.13. The topological polar surface area (TPSA) is 21.7 Å². The lowest BCUT2D eigenvalue weighted by Gasteiger charge is -2.26. The van der Waals surface area contributed by atoms with Crippen LogP contribution in [0.15, 0.2) is 65.1 Å². The molecule has 0 radical (unpaired) electrons. The van der Waals surface area contributed by atoms with Gasteiger partial charge < -0.3 is 14.4 Å². The molecule has 0 aliphatic carbocycles. The molecule has 0 saturated carbocycles. The number of benzene rings is 3. The summed E-state index contributed by atoms with van der Waals surface area (Å²) in [6.07, 6.45) is -4.79. The highest BCUT2D eigenvalue weighted by molar-refractivity contribution is 9.10. The lowest BCUT2D eigenvalue weighted by atomic mass is 10.1. The van der Waals surface area contributed by atoms with E-state index < -0.39 is 17.6 Å². The molecule has 0 bridgehead atoms. The Morgan fingerprint density at radius 1 is 0.806 bits per heavy atom. The zero-order valence-corrected chi connectivity index (χ0v) is 18.4. The number of hydrogen-bond donors (Lipinski definition) is 0. The van der Waals surface area contributed by atoms with Gasteiger partial charge in [-0.05, 0) is 63.5 Å². The molecular weight excluding hydrogens is 478 g/mol. The van der Waals surface area contributed by atoms with Crippen LogP contribution in [-0.4, -0.2) is 14.2 Å². The fraction of sp³-hybridized carbons (Fsp3) is 0.217. The Kier molecular flexibility index (Phi) is 7.10. The van der Waals surface area contributed by atoms with Gasteiger partial charge in [0, 0.05) is 23.2 Å².